The smallest absolute Gasteiger partial charge is 0.253 e. The number of nitrogens with zero attached hydrogens (tertiary/aromatic N) is 2. The third-order valence-electron chi connectivity index (χ3n) is 6.60. The number of likely N-dealkylation sites (tertiary alicyclic amines) is 1. The number of carbonyl (C=O) groups is 1. The number of hydrogen-bond acceptors (Lipinski definition) is 4. The number of benzene rings is 1. The van der Waals surface area contributed by atoms with Gasteiger partial charge in [-0.15, -0.1) is 0 Å². The fraction of sp³-hybridized carbons (Fsp3) is 0.520. The largest absolute Gasteiger partial charge is 0.366 e. The van der Waals surface area contributed by atoms with Crippen molar-refractivity contribution in [3.63, 3.8) is 0 Å². The third-order valence-corrected chi connectivity index (χ3v) is 6.82. The SMILES string of the molecule is CCC(C)c1cc(C)[nH]c(=O)c1CNC(=O)c1cc(Cl)cc(N(CC)C2CN(C)C2)c1C. The molecule has 1 aliphatic rings. The van der Waals surface area contributed by atoms with E-state index in [4.69, 9.17) is 11.6 Å². The monoisotopic (exact) mass is 458 g/mol. The van der Waals surface area contributed by atoms with Crippen LogP contribution < -0.4 is 15.8 Å². The summed E-state index contributed by atoms with van der Waals surface area (Å²) in [5.74, 6) is 0.0178. The van der Waals surface area contributed by atoms with Gasteiger partial charge in [0.15, 0.2) is 0 Å². The minimum absolute atomic E-state index is 0.143. The van der Waals surface area contributed by atoms with E-state index in [1.807, 2.05) is 26.0 Å². The maximum absolute atomic E-state index is 13.2. The maximum Gasteiger partial charge on any atom is 0.253 e. The van der Waals surface area contributed by atoms with Gasteiger partial charge >= 0.3 is 0 Å². The minimum Gasteiger partial charge on any atom is -0.366 e. The number of likely N-dealkylation sites (N-methyl/N-ethyl adjacent to an activating group) is 2. The van der Waals surface area contributed by atoms with Crippen molar-refractivity contribution in [3.8, 4) is 0 Å². The Kier molecular flexibility index (Phi) is 7.67. The van der Waals surface area contributed by atoms with Crippen molar-refractivity contribution in [1.82, 2.24) is 15.2 Å². The van der Waals surface area contributed by atoms with E-state index in [1.54, 1.807) is 6.07 Å². The van der Waals surface area contributed by atoms with Crippen LogP contribution >= 0.6 is 11.6 Å². The van der Waals surface area contributed by atoms with Crippen LogP contribution in [0.5, 0.6) is 0 Å². The van der Waals surface area contributed by atoms with E-state index in [2.05, 4.69) is 47.9 Å². The molecule has 1 atom stereocenters. The summed E-state index contributed by atoms with van der Waals surface area (Å²) in [7, 11) is 2.11. The molecule has 1 amide bonds. The second-order valence-electron chi connectivity index (χ2n) is 8.97. The van der Waals surface area contributed by atoms with Gasteiger partial charge in [0.05, 0.1) is 6.04 Å². The normalized spacial score (nSPS) is 15.3. The Bertz CT molecular complexity index is 1040. The Balaban J connectivity index is 1.87. The fourth-order valence-corrected chi connectivity index (χ4v) is 4.75. The van der Waals surface area contributed by atoms with Gasteiger partial charge in [-0.2, -0.15) is 0 Å². The first-order valence-electron chi connectivity index (χ1n) is 11.4. The fourth-order valence-electron chi connectivity index (χ4n) is 4.54. The molecule has 0 radical (unpaired) electrons. The first kappa shape index (κ1) is 24.3. The number of halogens is 1. The van der Waals surface area contributed by atoms with Crippen molar-refractivity contribution in [2.75, 3.05) is 31.6 Å². The zero-order valence-corrected chi connectivity index (χ0v) is 20.8. The van der Waals surface area contributed by atoms with Gasteiger partial charge in [-0.3, -0.25) is 9.59 Å². The number of anilines is 1. The van der Waals surface area contributed by atoms with Gasteiger partial charge in [-0.1, -0.05) is 25.4 Å². The third kappa shape index (κ3) is 5.02. The molecule has 2 heterocycles. The summed E-state index contributed by atoms with van der Waals surface area (Å²) in [6.45, 7) is 13.2. The molecule has 0 spiro atoms. The molecular weight excluding hydrogens is 424 g/mol. The van der Waals surface area contributed by atoms with E-state index in [-0.39, 0.29) is 23.9 Å². The lowest BCUT2D eigenvalue weighted by Crippen LogP contribution is -2.58. The Morgan fingerprint density at radius 1 is 1.28 bits per heavy atom. The lowest BCUT2D eigenvalue weighted by atomic mass is 9.94. The molecule has 2 N–H and O–H groups in total. The van der Waals surface area contributed by atoms with Crippen LogP contribution in [0.4, 0.5) is 5.69 Å². The Morgan fingerprint density at radius 2 is 1.97 bits per heavy atom. The summed E-state index contributed by atoms with van der Waals surface area (Å²) in [6.07, 6.45) is 0.920. The highest BCUT2D eigenvalue weighted by atomic mass is 35.5. The molecule has 1 aliphatic heterocycles. The standard InChI is InChI=1S/C25H35ClN4O2/c1-7-15(3)20-9-16(4)28-25(32)22(20)12-27-24(31)21-10-18(26)11-23(17(21)5)30(8-2)19-13-29(6)14-19/h9-11,15,19H,7-8,12-14H2,1-6H3,(H,27,31)(H,28,32). The molecule has 1 saturated heterocycles. The van der Waals surface area contributed by atoms with Gasteiger partial charge in [0.1, 0.15) is 0 Å². The van der Waals surface area contributed by atoms with E-state index in [1.165, 1.54) is 0 Å². The summed E-state index contributed by atoms with van der Waals surface area (Å²) in [4.78, 5) is 33.3. The van der Waals surface area contributed by atoms with Crippen LogP contribution in [0.1, 0.15) is 65.9 Å². The number of aromatic amines is 1. The molecule has 174 valence electrons. The number of H-pyrrole nitrogens is 1. The molecule has 7 heteroatoms. The molecule has 0 saturated carbocycles. The number of aromatic nitrogens is 1. The van der Waals surface area contributed by atoms with E-state index < -0.39 is 0 Å². The van der Waals surface area contributed by atoms with Gasteiger partial charge in [0.2, 0.25) is 0 Å². The van der Waals surface area contributed by atoms with Gasteiger partial charge in [-0.05, 0) is 69.5 Å². The van der Waals surface area contributed by atoms with Crippen molar-refractivity contribution >= 4 is 23.2 Å². The predicted octanol–water partition coefficient (Wildman–Crippen LogP) is 4.23. The molecule has 0 aliphatic carbocycles. The summed E-state index contributed by atoms with van der Waals surface area (Å²) in [5.41, 5.74) is 4.74. The van der Waals surface area contributed by atoms with Gasteiger partial charge in [0.25, 0.3) is 11.5 Å². The van der Waals surface area contributed by atoms with Crippen LogP contribution in [-0.4, -0.2) is 48.5 Å². The number of aryl methyl sites for hydroxylation is 1. The number of rotatable bonds is 8. The van der Waals surface area contributed by atoms with E-state index >= 15 is 0 Å². The second kappa shape index (κ2) is 10.1. The quantitative estimate of drug-likeness (QED) is 0.621. The van der Waals surface area contributed by atoms with Crippen LogP contribution in [0.3, 0.4) is 0 Å². The Labute approximate surface area is 196 Å². The maximum atomic E-state index is 13.2. The molecule has 2 aromatic rings. The minimum atomic E-state index is -0.219. The Hall–Kier alpha value is -2.31. The van der Waals surface area contributed by atoms with Crippen molar-refractivity contribution < 1.29 is 4.79 Å². The van der Waals surface area contributed by atoms with Crippen LogP contribution in [0, 0.1) is 13.8 Å². The Morgan fingerprint density at radius 3 is 2.56 bits per heavy atom. The molecule has 1 aromatic carbocycles. The van der Waals surface area contributed by atoms with Crippen LogP contribution in [0.15, 0.2) is 23.0 Å². The number of hydrogen-bond donors (Lipinski definition) is 2. The molecule has 1 fully saturated rings. The van der Waals surface area contributed by atoms with E-state index in [9.17, 15) is 9.59 Å². The zero-order chi connectivity index (χ0) is 23.6. The molecule has 3 rings (SSSR count). The lowest BCUT2D eigenvalue weighted by Gasteiger charge is -2.45. The highest BCUT2D eigenvalue weighted by Gasteiger charge is 2.30. The average molecular weight is 459 g/mol. The highest BCUT2D eigenvalue weighted by molar-refractivity contribution is 6.31. The molecule has 1 aromatic heterocycles. The van der Waals surface area contributed by atoms with Crippen LogP contribution in [0.2, 0.25) is 5.02 Å². The van der Waals surface area contributed by atoms with Crippen molar-refractivity contribution in [3.05, 3.63) is 61.5 Å². The van der Waals surface area contributed by atoms with E-state index in [0.717, 1.165) is 48.6 Å². The zero-order valence-electron chi connectivity index (χ0n) is 20.0. The van der Waals surface area contributed by atoms with Crippen LogP contribution in [0.25, 0.3) is 0 Å². The molecule has 0 bridgehead atoms. The van der Waals surface area contributed by atoms with Gasteiger partial charge < -0.3 is 20.1 Å². The average Bonchev–Trinajstić information content (AvgIpc) is 2.73. The number of nitrogens with one attached hydrogen (secondary N) is 2. The predicted molar refractivity (Wildman–Crippen MR) is 132 cm³/mol. The molecule has 32 heavy (non-hydrogen) atoms. The van der Waals surface area contributed by atoms with E-state index in [0.29, 0.717) is 22.2 Å². The summed E-state index contributed by atoms with van der Waals surface area (Å²) < 4.78 is 0. The molecular formula is C25H35ClN4O2. The van der Waals surface area contributed by atoms with Gasteiger partial charge in [-0.25, -0.2) is 0 Å². The van der Waals surface area contributed by atoms with Crippen LogP contribution in [-0.2, 0) is 6.54 Å². The van der Waals surface area contributed by atoms with Crippen molar-refractivity contribution in [2.45, 2.75) is 59.5 Å². The molecule has 6 nitrogen and oxygen atoms in total. The second-order valence-corrected chi connectivity index (χ2v) is 9.40. The summed E-state index contributed by atoms with van der Waals surface area (Å²) in [6, 6.07) is 6.09. The summed E-state index contributed by atoms with van der Waals surface area (Å²) >= 11 is 6.43. The number of amides is 1. The lowest BCUT2D eigenvalue weighted by molar-refractivity contribution is 0.0950. The van der Waals surface area contributed by atoms with Crippen molar-refractivity contribution in [1.29, 1.82) is 0 Å². The number of carbonyl (C=O) groups excluding carboxylic acids is 1. The number of pyridine rings is 1. The van der Waals surface area contributed by atoms with Crippen molar-refractivity contribution in [2.24, 2.45) is 0 Å². The van der Waals surface area contributed by atoms with Gasteiger partial charge in [0, 0.05) is 53.7 Å². The molecule has 1 unspecified atom stereocenters. The highest BCUT2D eigenvalue weighted by Crippen LogP contribution is 2.31. The first-order valence-corrected chi connectivity index (χ1v) is 11.8. The topological polar surface area (TPSA) is 68.4 Å². The summed E-state index contributed by atoms with van der Waals surface area (Å²) in [5, 5.41) is 3.50. The first-order chi connectivity index (χ1) is 15.2.